The SMILES string of the molecule is C.C1CCOC1.CC(C)(C)[Si](C)(C)OCCCC(=O)c1ccccc1.Cc1sc(C2OCCO2)cc1Br.Cc1sc(C2OCCO2)cc1C(O)(CCCO[Si](C)(C)C(C)(C)C)c1ccccc1.Cc1sc(C=O)cc1/C(=C/CCO)c1ccccc1.Cc1sc(C=O)cc1C1(c2ccccc2)CCCO1.ClC(Cl)Cl.N=N/N=N/N=N/N=N/N=N/N=NCl.[CH2-]CCC.[Li+]. The summed E-state index contributed by atoms with van der Waals surface area (Å²) in [5, 5.41) is 49.9. The number of aryl methyl sites for hydroxylation is 4. The molecule has 4 aromatic heterocycles. The number of ketones is 1. The van der Waals surface area contributed by atoms with Crippen LogP contribution in [0.25, 0.3) is 5.57 Å². The van der Waals surface area contributed by atoms with Crippen LogP contribution in [0.1, 0.15) is 231 Å². The average molecular weight is 2000 g/mol. The molecule has 0 radical (unpaired) electrons. The molecule has 4 saturated heterocycles. The van der Waals surface area contributed by atoms with E-state index >= 15 is 0 Å². The summed E-state index contributed by atoms with van der Waals surface area (Å²) in [5.41, 5.74) is 13.0. The van der Waals surface area contributed by atoms with Crippen LogP contribution in [0.4, 0.5) is 0 Å². The Hall–Kier alpha value is -5.70. The summed E-state index contributed by atoms with van der Waals surface area (Å²) in [6, 6.07) is 47.9. The Bertz CT molecular complexity index is 4550. The number of halogens is 5. The van der Waals surface area contributed by atoms with Crippen molar-refractivity contribution in [1.29, 1.82) is 5.53 Å². The Labute approximate surface area is 810 Å². The molecule has 4 aliphatic heterocycles. The number of benzene rings is 4. The van der Waals surface area contributed by atoms with E-state index < -0.39 is 26.5 Å². The topological polar surface area (TPSA) is 325 Å². The number of ether oxygens (including phenoxy) is 6. The van der Waals surface area contributed by atoms with E-state index in [9.17, 15) is 19.5 Å². The van der Waals surface area contributed by atoms with Crippen molar-refractivity contribution in [1.82, 2.24) is 0 Å². The molecule has 25 nitrogen and oxygen atoms in total. The van der Waals surface area contributed by atoms with Gasteiger partial charge in [0.25, 0.3) is 0 Å². The molecule has 12 rings (SSSR count). The number of rotatable bonds is 29. The van der Waals surface area contributed by atoms with Crippen LogP contribution in [0.3, 0.4) is 0 Å². The third-order valence-electron chi connectivity index (χ3n) is 20.3. The first-order chi connectivity index (χ1) is 59.6. The monoisotopic (exact) mass is 1990 g/mol. The maximum absolute atomic E-state index is 12.0. The van der Waals surface area contributed by atoms with Crippen molar-refractivity contribution in [2.45, 2.75) is 219 Å². The molecule has 0 amide bonds. The number of carbonyl (C=O) groups excluding carboxylic acids is 3. The van der Waals surface area contributed by atoms with Gasteiger partial charge in [-0.25, -0.2) is 0 Å². The number of hydrogen-bond acceptors (Lipinski definition) is 19. The average Bonchev–Trinajstić information content (AvgIpc) is 1.63. The van der Waals surface area contributed by atoms with E-state index in [1.807, 2.05) is 134 Å². The maximum Gasteiger partial charge on any atom is 1.00 e. The second-order valence-electron chi connectivity index (χ2n) is 31.3. The third-order valence-corrected chi connectivity index (χ3v) is 34.6. The van der Waals surface area contributed by atoms with Crippen LogP contribution in [0.5, 0.6) is 0 Å². The van der Waals surface area contributed by atoms with Crippen molar-refractivity contribution in [3.8, 4) is 0 Å². The molecule has 8 aromatic rings. The van der Waals surface area contributed by atoms with E-state index in [0.29, 0.717) is 58.9 Å². The zero-order valence-corrected chi connectivity index (χ0v) is 85.1. The molecule has 2 atom stereocenters. The van der Waals surface area contributed by atoms with Gasteiger partial charge in [-0.05, 0) is 236 Å². The number of aliphatic hydroxyl groups excluding tert-OH is 1. The van der Waals surface area contributed by atoms with Crippen molar-refractivity contribution in [2.24, 2.45) is 56.9 Å². The fourth-order valence-corrected chi connectivity index (χ4v) is 18.5. The van der Waals surface area contributed by atoms with E-state index in [-0.39, 0.29) is 66.9 Å². The van der Waals surface area contributed by atoms with Crippen molar-refractivity contribution in [2.75, 3.05) is 66.1 Å². The smallest absolute Gasteiger partial charge is 0.417 e. The molecule has 3 N–H and O–H groups in total. The predicted molar refractivity (Wildman–Crippen MR) is 520 cm³/mol. The van der Waals surface area contributed by atoms with Gasteiger partial charge in [-0.2, -0.15) is 12.0 Å². The van der Waals surface area contributed by atoms with Crippen LogP contribution in [-0.2, 0) is 48.5 Å². The first kappa shape index (κ1) is 117. The Kier molecular flexibility index (Phi) is 58.6. The second kappa shape index (κ2) is 63.4. The number of alkyl halides is 3. The largest absolute Gasteiger partial charge is 1.00 e. The molecule has 692 valence electrons. The summed E-state index contributed by atoms with van der Waals surface area (Å²) >= 11 is 29.0. The molecule has 8 heterocycles. The number of unbranched alkanes of at least 4 members (excludes halogenated alkanes) is 1. The van der Waals surface area contributed by atoms with Crippen LogP contribution >= 0.6 is 108 Å². The van der Waals surface area contributed by atoms with Crippen molar-refractivity contribution in [3.05, 3.63) is 241 Å². The molecule has 127 heavy (non-hydrogen) atoms. The molecular formula is C90H126BrCl4LiN12O13S4Si2. The quantitative estimate of drug-likeness (QED) is 0.00574. The molecule has 4 aliphatic rings. The minimum Gasteiger partial charge on any atom is -0.417 e. The van der Waals surface area contributed by atoms with Gasteiger partial charge in [0.1, 0.15) is 11.2 Å². The maximum atomic E-state index is 12.0. The summed E-state index contributed by atoms with van der Waals surface area (Å²) in [4.78, 5) is 42.2. The van der Waals surface area contributed by atoms with Gasteiger partial charge in [0, 0.05) is 86.7 Å². The normalized spacial score (nSPS) is 15.8. The zero-order chi connectivity index (χ0) is 92.3. The Morgan fingerprint density at radius 2 is 1.07 bits per heavy atom. The molecule has 2 unspecified atom stereocenters. The van der Waals surface area contributed by atoms with Crippen LogP contribution in [0.2, 0.25) is 36.3 Å². The molecule has 0 bridgehead atoms. The summed E-state index contributed by atoms with van der Waals surface area (Å²) in [7, 11) is -3.46. The van der Waals surface area contributed by atoms with Crippen molar-refractivity contribution in [3.63, 3.8) is 0 Å². The fraction of sp³-hybridized carbons (Fsp3) is 0.489. The number of aliphatic hydroxyl groups is 2. The number of carbonyl (C=O) groups is 3. The summed E-state index contributed by atoms with van der Waals surface area (Å²) in [6.07, 6.45) is 13.6. The summed E-state index contributed by atoms with van der Waals surface area (Å²) in [6.45, 7) is 43.3. The van der Waals surface area contributed by atoms with Gasteiger partial charge < -0.3 is 54.4 Å². The van der Waals surface area contributed by atoms with Crippen molar-refractivity contribution < 1.29 is 80.7 Å². The molecular weight excluding hydrogens is 1870 g/mol. The number of nitrogens with zero attached hydrogens (tertiary/aromatic N) is 11. The van der Waals surface area contributed by atoms with Crippen LogP contribution in [0.15, 0.2) is 213 Å². The minimum absolute atomic E-state index is 0. The number of aldehydes is 2. The standard InChI is InChI=1S/C24H36O4SSi.2C16H16O2S.C16H26O2Si.C8H9BrO2S.C4H8O.C4H9.CHCl3.CH4.ClHN12.Li/c1-18-20(17-21(29-18)22-26-15-16-27-22)24(25,19-11-8-7-9-12-19)13-10-14-28-30(5,6)23(2,3)4;1-12-15(10-14(11-17)19-12)16(8-5-9-18-16)13-6-3-2-4-7-13;1-12-16(10-14(11-18)19-12)15(8-5-9-17)13-6-3-2-4-7-13;1-16(2,3)19(4,5)18-13-9-12-15(17)14-10-7-6-8-11-14;1-5-6(9)4-7(12-5)8-10-2-3-11-8;1-2-4-5-3-1;1-3-4-2;2-1(3)4;;1-3-5-7-9-11-13-12-10-8-6-4-2;/h7-9,11-12,17,22,25H,10,13-16H2,1-6H3;2-4,6-7,10-11H,5,8-9H2,1H3;2-4,6-8,10-11,17H,5,9H2,1H3;6-8,10-11H,9,12-13H2,1-5H3;4,8H,2-3H2,1H3;1-4H2;1,3-4H2,2H3;1H;1H4;2H;/q;;;;;;-1;;;;+1/b;;15-8+;;;;;;;4-2?,5-3?,8-6+,9-7+,12-10+,13-11+;. The predicted octanol–water partition coefficient (Wildman–Crippen LogP) is 26.3. The van der Waals surface area contributed by atoms with Crippen LogP contribution < -0.4 is 18.9 Å². The van der Waals surface area contributed by atoms with Crippen LogP contribution in [-0.4, -0.2) is 116 Å². The number of thiophene rings is 4. The second-order valence-corrected chi connectivity index (χ2v) is 49.0. The van der Waals surface area contributed by atoms with Crippen LogP contribution in [0, 0.1) is 40.1 Å². The first-order valence-electron chi connectivity index (χ1n) is 41.1. The van der Waals surface area contributed by atoms with Gasteiger partial charge in [0.15, 0.2) is 51.9 Å². The molecule has 0 saturated carbocycles. The van der Waals surface area contributed by atoms with Gasteiger partial charge in [-0.1, -0.05) is 229 Å². The molecule has 0 spiro atoms. The van der Waals surface area contributed by atoms with Gasteiger partial charge in [-0.15, -0.1) is 45.3 Å². The summed E-state index contributed by atoms with van der Waals surface area (Å²) < 4.78 is 48.7. The molecule has 0 aliphatic carbocycles. The number of hydrogen-bond donors (Lipinski definition) is 3. The van der Waals surface area contributed by atoms with Gasteiger partial charge in [0.2, 0.25) is 0 Å². The number of Topliss-reactive ketones (excluding diaryl/α,β-unsaturated/α-hetero) is 1. The van der Waals surface area contributed by atoms with E-state index in [1.54, 1.807) is 34.0 Å². The Morgan fingerprint density at radius 3 is 1.49 bits per heavy atom. The van der Waals surface area contributed by atoms with E-state index in [4.69, 9.17) is 94.5 Å². The third kappa shape index (κ3) is 42.0. The van der Waals surface area contributed by atoms with Gasteiger partial charge >= 0.3 is 18.9 Å². The fourth-order valence-electron chi connectivity index (χ4n) is 11.9. The molecule has 4 fully saturated rings. The zero-order valence-electron chi connectivity index (χ0n) is 75.2. The van der Waals surface area contributed by atoms with E-state index in [1.165, 1.54) is 45.9 Å². The summed E-state index contributed by atoms with van der Waals surface area (Å²) in [5.74, 6) is 0.208. The van der Waals surface area contributed by atoms with Gasteiger partial charge in [-0.3, -0.25) is 14.4 Å². The molecule has 37 heteroatoms. The van der Waals surface area contributed by atoms with E-state index in [2.05, 4.69) is 199 Å². The number of nitrogens with one attached hydrogen (secondary N) is 1. The van der Waals surface area contributed by atoms with Crippen molar-refractivity contribution >= 4 is 148 Å². The Balaban J connectivity index is 0.000000509. The first-order valence-corrected chi connectivity index (χ1v) is 52.6. The Morgan fingerprint density at radius 1 is 0.622 bits per heavy atom. The molecule has 4 aromatic carbocycles. The van der Waals surface area contributed by atoms with Gasteiger partial charge in [0.05, 0.1) is 57.7 Å². The van der Waals surface area contributed by atoms with E-state index in [0.717, 1.165) is 137 Å². The minimum atomic E-state index is -1.80.